The van der Waals surface area contributed by atoms with Gasteiger partial charge in [-0.25, -0.2) is 9.38 Å². The smallest absolute Gasteiger partial charge is 0.147 e. The number of hydrogen-bond donors (Lipinski definition) is 2. The van der Waals surface area contributed by atoms with Crippen LogP contribution < -0.4 is 5.32 Å². The maximum atomic E-state index is 13.5. The van der Waals surface area contributed by atoms with Gasteiger partial charge in [0.2, 0.25) is 0 Å². The molecule has 0 bridgehead atoms. The monoisotopic (exact) mass is 365 g/mol. The van der Waals surface area contributed by atoms with Gasteiger partial charge in [-0.15, -0.1) is 0 Å². The molecule has 27 heavy (non-hydrogen) atoms. The molecule has 4 nitrogen and oxygen atoms in total. The molecule has 1 aromatic carbocycles. The number of nitrogens with zero attached hydrogens (tertiary/aromatic N) is 1. The minimum atomic E-state index is -0.206. The van der Waals surface area contributed by atoms with Crippen LogP contribution in [0.15, 0.2) is 46.8 Å². The third kappa shape index (κ3) is 3.54. The molecule has 1 unspecified atom stereocenters. The topological polar surface area (TPSA) is 49.4 Å². The predicted octanol–water partition coefficient (Wildman–Crippen LogP) is 4.91. The summed E-state index contributed by atoms with van der Waals surface area (Å²) in [5, 5.41) is 3.44. The SMILES string of the molecule is Cc1cc(C)c(/C=C2/N=C(C3Cc4cc(F)ccc4N3)C=C2OC(C)C)[nH]1. The van der Waals surface area contributed by atoms with E-state index in [0.717, 1.165) is 39.8 Å². The molecule has 0 spiro atoms. The number of rotatable bonds is 4. The molecule has 3 heterocycles. The molecule has 2 aromatic rings. The second-order valence-corrected chi connectivity index (χ2v) is 7.49. The second kappa shape index (κ2) is 6.72. The summed E-state index contributed by atoms with van der Waals surface area (Å²) < 4.78 is 19.5. The number of ether oxygens (including phenoxy) is 1. The lowest BCUT2D eigenvalue weighted by molar-refractivity contribution is 0.155. The van der Waals surface area contributed by atoms with Crippen LogP contribution >= 0.6 is 0 Å². The van der Waals surface area contributed by atoms with E-state index in [1.165, 1.54) is 11.6 Å². The Bertz CT molecular complexity index is 981. The van der Waals surface area contributed by atoms with E-state index >= 15 is 0 Å². The lowest BCUT2D eigenvalue weighted by Gasteiger charge is -2.11. The quantitative estimate of drug-likeness (QED) is 0.809. The molecule has 2 aliphatic rings. The van der Waals surface area contributed by atoms with Crippen molar-refractivity contribution in [3.8, 4) is 0 Å². The van der Waals surface area contributed by atoms with Crippen molar-refractivity contribution < 1.29 is 9.13 Å². The van der Waals surface area contributed by atoms with Gasteiger partial charge < -0.3 is 15.0 Å². The van der Waals surface area contributed by atoms with Gasteiger partial charge in [0.15, 0.2) is 0 Å². The molecular weight excluding hydrogens is 341 g/mol. The highest BCUT2D eigenvalue weighted by atomic mass is 19.1. The number of aromatic nitrogens is 1. The Morgan fingerprint density at radius 2 is 2.07 bits per heavy atom. The van der Waals surface area contributed by atoms with Gasteiger partial charge in [0.05, 0.1) is 17.9 Å². The highest BCUT2D eigenvalue weighted by molar-refractivity contribution is 6.06. The van der Waals surface area contributed by atoms with Gasteiger partial charge in [0.25, 0.3) is 0 Å². The van der Waals surface area contributed by atoms with Crippen molar-refractivity contribution in [3.63, 3.8) is 0 Å². The van der Waals surface area contributed by atoms with Gasteiger partial charge in [-0.3, -0.25) is 0 Å². The molecule has 0 aliphatic carbocycles. The van der Waals surface area contributed by atoms with Crippen LogP contribution in [0, 0.1) is 19.7 Å². The number of fused-ring (bicyclic) bond motifs is 1. The Morgan fingerprint density at radius 1 is 1.26 bits per heavy atom. The zero-order chi connectivity index (χ0) is 19.1. The van der Waals surface area contributed by atoms with E-state index in [9.17, 15) is 4.39 Å². The van der Waals surface area contributed by atoms with Crippen LogP contribution in [-0.4, -0.2) is 22.8 Å². The van der Waals surface area contributed by atoms with Gasteiger partial charge in [0, 0.05) is 29.6 Å². The molecule has 0 fully saturated rings. The van der Waals surface area contributed by atoms with Crippen LogP contribution in [0.3, 0.4) is 0 Å². The van der Waals surface area contributed by atoms with Gasteiger partial charge in [0.1, 0.15) is 17.3 Å². The first-order chi connectivity index (χ1) is 12.9. The molecular formula is C22H24FN3O. The van der Waals surface area contributed by atoms with E-state index in [0.29, 0.717) is 6.42 Å². The number of hydrogen-bond acceptors (Lipinski definition) is 3. The second-order valence-electron chi connectivity index (χ2n) is 7.49. The van der Waals surface area contributed by atoms with Crippen molar-refractivity contribution in [3.05, 3.63) is 70.1 Å². The summed E-state index contributed by atoms with van der Waals surface area (Å²) in [6.07, 6.45) is 4.80. The molecule has 2 N–H and O–H groups in total. The predicted molar refractivity (Wildman–Crippen MR) is 107 cm³/mol. The first-order valence-electron chi connectivity index (χ1n) is 9.29. The molecule has 0 saturated heterocycles. The van der Waals surface area contributed by atoms with Crippen LogP contribution in [0.5, 0.6) is 0 Å². The van der Waals surface area contributed by atoms with Crippen molar-refractivity contribution in [1.29, 1.82) is 0 Å². The van der Waals surface area contributed by atoms with E-state index in [1.54, 1.807) is 12.1 Å². The standard InChI is InChI=1S/C22H24FN3O/c1-12(2)27-22-11-20(19-9-15-8-16(23)5-6-17(15)25-19)26-21(22)10-18-13(3)7-14(4)24-18/h5-8,10-12,19,24-25H,9H2,1-4H3/b21-10+. The molecule has 4 rings (SSSR count). The van der Waals surface area contributed by atoms with Crippen molar-refractivity contribution in [2.75, 3.05) is 5.32 Å². The van der Waals surface area contributed by atoms with Crippen molar-refractivity contribution >= 4 is 17.5 Å². The number of benzene rings is 1. The zero-order valence-corrected chi connectivity index (χ0v) is 16.1. The third-order valence-electron chi connectivity index (χ3n) is 4.79. The van der Waals surface area contributed by atoms with Gasteiger partial charge in [-0.2, -0.15) is 0 Å². The fraction of sp³-hybridized carbons (Fsp3) is 0.318. The van der Waals surface area contributed by atoms with Crippen LogP contribution in [-0.2, 0) is 11.2 Å². The van der Waals surface area contributed by atoms with Crippen LogP contribution in [0.4, 0.5) is 10.1 Å². The first kappa shape index (κ1) is 17.6. The molecule has 1 atom stereocenters. The van der Waals surface area contributed by atoms with E-state index < -0.39 is 0 Å². The molecule has 140 valence electrons. The van der Waals surface area contributed by atoms with Gasteiger partial charge >= 0.3 is 0 Å². The zero-order valence-electron chi connectivity index (χ0n) is 16.1. The fourth-order valence-electron chi connectivity index (χ4n) is 3.61. The molecule has 5 heteroatoms. The summed E-state index contributed by atoms with van der Waals surface area (Å²) in [6.45, 7) is 8.13. The Morgan fingerprint density at radius 3 is 2.78 bits per heavy atom. The Labute approximate surface area is 158 Å². The summed E-state index contributed by atoms with van der Waals surface area (Å²) in [5.74, 6) is 0.567. The van der Waals surface area contributed by atoms with E-state index in [2.05, 4.69) is 23.3 Å². The van der Waals surface area contributed by atoms with Crippen molar-refractivity contribution in [2.24, 2.45) is 4.99 Å². The summed E-state index contributed by atoms with van der Waals surface area (Å²) >= 11 is 0. The maximum absolute atomic E-state index is 13.5. The average molecular weight is 365 g/mol. The van der Waals surface area contributed by atoms with Crippen molar-refractivity contribution in [1.82, 2.24) is 4.98 Å². The van der Waals surface area contributed by atoms with Crippen LogP contribution in [0.25, 0.3) is 6.08 Å². The molecule has 2 aliphatic heterocycles. The number of halogens is 1. The Hall–Kier alpha value is -2.82. The highest BCUT2D eigenvalue weighted by Crippen LogP contribution is 2.32. The first-order valence-corrected chi connectivity index (χ1v) is 9.29. The number of nitrogens with one attached hydrogen (secondary N) is 2. The fourth-order valence-corrected chi connectivity index (χ4v) is 3.61. The number of anilines is 1. The molecule has 0 amide bonds. The summed E-state index contributed by atoms with van der Waals surface area (Å²) in [5.41, 5.74) is 7.01. The van der Waals surface area contributed by atoms with E-state index in [4.69, 9.17) is 9.73 Å². The van der Waals surface area contributed by atoms with Gasteiger partial charge in [-0.1, -0.05) is 0 Å². The Balaban J connectivity index is 1.65. The normalized spacial score (nSPS) is 19.9. The van der Waals surface area contributed by atoms with Crippen LogP contribution in [0.2, 0.25) is 0 Å². The maximum Gasteiger partial charge on any atom is 0.147 e. The van der Waals surface area contributed by atoms with E-state index in [-0.39, 0.29) is 18.0 Å². The molecule has 0 saturated carbocycles. The van der Waals surface area contributed by atoms with E-state index in [1.807, 2.05) is 32.9 Å². The number of H-pyrrole nitrogens is 1. The number of aliphatic imine (C=N–C) groups is 1. The lowest BCUT2D eigenvalue weighted by atomic mass is 10.1. The molecule has 1 aromatic heterocycles. The number of aromatic amines is 1. The molecule has 0 radical (unpaired) electrons. The van der Waals surface area contributed by atoms with Crippen molar-refractivity contribution in [2.45, 2.75) is 46.3 Å². The summed E-state index contributed by atoms with van der Waals surface area (Å²) in [6, 6.07) is 6.99. The average Bonchev–Trinajstić information content (AvgIpc) is 3.25. The minimum absolute atomic E-state index is 0.0185. The third-order valence-corrected chi connectivity index (χ3v) is 4.79. The Kier molecular flexibility index (Phi) is 4.38. The highest BCUT2D eigenvalue weighted by Gasteiger charge is 2.29. The summed E-state index contributed by atoms with van der Waals surface area (Å²) in [4.78, 5) is 8.20. The minimum Gasteiger partial charge on any atom is -0.489 e. The lowest BCUT2D eigenvalue weighted by Crippen LogP contribution is -2.24. The summed E-state index contributed by atoms with van der Waals surface area (Å²) in [7, 11) is 0. The largest absolute Gasteiger partial charge is 0.489 e. The number of aryl methyl sites for hydroxylation is 2. The van der Waals surface area contributed by atoms with Gasteiger partial charge in [-0.05, 0) is 69.2 Å². The van der Waals surface area contributed by atoms with Crippen LogP contribution in [0.1, 0.15) is 36.4 Å².